The molecule has 3 rings (SSSR count). The number of aryl methyl sites for hydroxylation is 1. The van der Waals surface area contributed by atoms with Gasteiger partial charge in [0, 0.05) is 19.2 Å². The average Bonchev–Trinajstić information content (AvgIpc) is 2.96. The van der Waals surface area contributed by atoms with E-state index in [2.05, 4.69) is 25.3 Å². The highest BCUT2D eigenvalue weighted by Gasteiger charge is 2.14. The largest absolute Gasteiger partial charge is 0.361 e. The lowest BCUT2D eigenvalue weighted by atomic mass is 10.1. The van der Waals surface area contributed by atoms with E-state index in [1.54, 1.807) is 25.4 Å². The third-order valence-corrected chi connectivity index (χ3v) is 3.40. The van der Waals surface area contributed by atoms with E-state index in [0.717, 1.165) is 13.1 Å². The van der Waals surface area contributed by atoms with E-state index < -0.39 is 0 Å². The van der Waals surface area contributed by atoms with Gasteiger partial charge in [-0.15, -0.1) is 0 Å². The SMILES string of the molecule is Cc1cc(C(=O)Nc2cnc(N3CCCCC3)nc2)no1. The van der Waals surface area contributed by atoms with Crippen LogP contribution < -0.4 is 10.2 Å². The predicted octanol–water partition coefficient (Wildman–Crippen LogP) is 2.02. The first kappa shape index (κ1) is 13.5. The Balaban J connectivity index is 1.65. The highest BCUT2D eigenvalue weighted by molar-refractivity contribution is 6.02. The number of amides is 1. The number of nitrogens with one attached hydrogen (secondary N) is 1. The minimum absolute atomic E-state index is 0.243. The maximum absolute atomic E-state index is 11.9. The van der Waals surface area contributed by atoms with Gasteiger partial charge in [0.15, 0.2) is 5.69 Å². The molecule has 7 nitrogen and oxygen atoms in total. The minimum atomic E-state index is -0.332. The number of hydrogen-bond donors (Lipinski definition) is 1. The van der Waals surface area contributed by atoms with Crippen LogP contribution in [0.2, 0.25) is 0 Å². The molecule has 0 radical (unpaired) electrons. The summed E-state index contributed by atoms with van der Waals surface area (Å²) in [5, 5.41) is 6.36. The Hall–Kier alpha value is -2.44. The highest BCUT2D eigenvalue weighted by Crippen LogP contribution is 2.16. The molecule has 0 aliphatic carbocycles. The first-order chi connectivity index (χ1) is 10.2. The van der Waals surface area contributed by atoms with E-state index in [0.29, 0.717) is 17.4 Å². The molecule has 110 valence electrons. The number of carbonyl (C=O) groups is 1. The number of piperidine rings is 1. The van der Waals surface area contributed by atoms with Gasteiger partial charge >= 0.3 is 0 Å². The van der Waals surface area contributed by atoms with Crippen LogP contribution in [0.4, 0.5) is 11.6 Å². The zero-order valence-electron chi connectivity index (χ0n) is 11.9. The van der Waals surface area contributed by atoms with Crippen LogP contribution >= 0.6 is 0 Å². The lowest BCUT2D eigenvalue weighted by Gasteiger charge is -2.26. The smallest absolute Gasteiger partial charge is 0.277 e. The van der Waals surface area contributed by atoms with Crippen molar-refractivity contribution in [1.29, 1.82) is 0 Å². The van der Waals surface area contributed by atoms with Gasteiger partial charge in [-0.25, -0.2) is 9.97 Å². The van der Waals surface area contributed by atoms with Crippen LogP contribution in [0.1, 0.15) is 35.5 Å². The number of carbonyl (C=O) groups excluding carboxylic acids is 1. The Kier molecular flexibility index (Phi) is 3.81. The minimum Gasteiger partial charge on any atom is -0.361 e. The summed E-state index contributed by atoms with van der Waals surface area (Å²) in [7, 11) is 0. The van der Waals surface area contributed by atoms with Gasteiger partial charge in [-0.1, -0.05) is 5.16 Å². The van der Waals surface area contributed by atoms with Gasteiger partial charge in [-0.05, 0) is 26.2 Å². The molecule has 1 aliphatic heterocycles. The second-order valence-corrected chi connectivity index (χ2v) is 5.10. The molecule has 0 unspecified atom stereocenters. The molecule has 1 fully saturated rings. The first-order valence-corrected chi connectivity index (χ1v) is 7.04. The summed E-state index contributed by atoms with van der Waals surface area (Å²) in [5.74, 6) is 0.975. The predicted molar refractivity (Wildman–Crippen MR) is 77.3 cm³/mol. The van der Waals surface area contributed by atoms with Crippen LogP contribution in [0.3, 0.4) is 0 Å². The van der Waals surface area contributed by atoms with Crippen molar-refractivity contribution >= 4 is 17.5 Å². The molecule has 1 N–H and O–H groups in total. The molecule has 2 aromatic rings. The molecule has 1 aliphatic rings. The van der Waals surface area contributed by atoms with Crippen LogP contribution in [0.25, 0.3) is 0 Å². The van der Waals surface area contributed by atoms with Crippen molar-refractivity contribution in [1.82, 2.24) is 15.1 Å². The summed E-state index contributed by atoms with van der Waals surface area (Å²) in [4.78, 5) is 22.7. The summed E-state index contributed by atoms with van der Waals surface area (Å²) in [6, 6.07) is 1.58. The van der Waals surface area contributed by atoms with Gasteiger partial charge in [-0.2, -0.15) is 0 Å². The molecule has 1 saturated heterocycles. The fourth-order valence-corrected chi connectivity index (χ4v) is 2.31. The number of rotatable bonds is 3. The second-order valence-electron chi connectivity index (χ2n) is 5.10. The Labute approximate surface area is 122 Å². The Morgan fingerprint density at radius 1 is 1.24 bits per heavy atom. The van der Waals surface area contributed by atoms with Gasteiger partial charge in [-0.3, -0.25) is 4.79 Å². The molecule has 2 aromatic heterocycles. The van der Waals surface area contributed by atoms with Crippen molar-refractivity contribution in [3.63, 3.8) is 0 Å². The van der Waals surface area contributed by atoms with Crippen molar-refractivity contribution in [2.24, 2.45) is 0 Å². The average molecular weight is 287 g/mol. The zero-order valence-corrected chi connectivity index (χ0v) is 11.9. The second kappa shape index (κ2) is 5.90. The molecule has 0 aromatic carbocycles. The van der Waals surface area contributed by atoms with E-state index in [1.807, 2.05) is 0 Å². The van der Waals surface area contributed by atoms with Crippen LogP contribution in [0.5, 0.6) is 0 Å². The van der Waals surface area contributed by atoms with E-state index in [9.17, 15) is 4.79 Å². The fourth-order valence-electron chi connectivity index (χ4n) is 2.31. The number of hydrogen-bond acceptors (Lipinski definition) is 6. The third kappa shape index (κ3) is 3.18. The Bertz CT molecular complexity index is 617. The fraction of sp³-hybridized carbons (Fsp3) is 0.429. The summed E-state index contributed by atoms with van der Waals surface area (Å²) >= 11 is 0. The molecule has 3 heterocycles. The molecule has 0 atom stereocenters. The Morgan fingerprint density at radius 3 is 2.57 bits per heavy atom. The van der Waals surface area contributed by atoms with E-state index >= 15 is 0 Å². The van der Waals surface area contributed by atoms with Crippen LogP contribution in [-0.4, -0.2) is 34.1 Å². The zero-order chi connectivity index (χ0) is 14.7. The maximum Gasteiger partial charge on any atom is 0.277 e. The van der Waals surface area contributed by atoms with Crippen molar-refractivity contribution in [2.45, 2.75) is 26.2 Å². The molecule has 7 heteroatoms. The van der Waals surface area contributed by atoms with Crippen LogP contribution in [-0.2, 0) is 0 Å². The topological polar surface area (TPSA) is 84.2 Å². The first-order valence-electron chi connectivity index (χ1n) is 7.04. The quantitative estimate of drug-likeness (QED) is 0.929. The molecule has 0 saturated carbocycles. The van der Waals surface area contributed by atoms with Crippen molar-refractivity contribution in [2.75, 3.05) is 23.3 Å². The monoisotopic (exact) mass is 287 g/mol. The summed E-state index contributed by atoms with van der Waals surface area (Å²) < 4.78 is 4.87. The molecule has 0 spiro atoms. The number of aromatic nitrogens is 3. The van der Waals surface area contributed by atoms with Gasteiger partial charge in [0.25, 0.3) is 5.91 Å². The molecule has 1 amide bonds. The lowest BCUT2D eigenvalue weighted by Crippen LogP contribution is -2.30. The molecule has 0 bridgehead atoms. The number of anilines is 2. The number of nitrogens with zero attached hydrogens (tertiary/aromatic N) is 4. The molecular formula is C14H17N5O2. The van der Waals surface area contributed by atoms with Gasteiger partial charge in [0.1, 0.15) is 5.76 Å². The van der Waals surface area contributed by atoms with Crippen molar-refractivity contribution < 1.29 is 9.32 Å². The van der Waals surface area contributed by atoms with Crippen molar-refractivity contribution in [3.05, 3.63) is 29.9 Å². The lowest BCUT2D eigenvalue weighted by molar-refractivity contribution is 0.101. The standard InChI is InChI=1S/C14H17N5O2/c1-10-7-12(18-21-10)13(20)17-11-8-15-14(16-9-11)19-5-3-2-4-6-19/h7-9H,2-6H2,1H3,(H,17,20). The Morgan fingerprint density at radius 2 is 1.95 bits per heavy atom. The van der Waals surface area contributed by atoms with Gasteiger partial charge < -0.3 is 14.7 Å². The van der Waals surface area contributed by atoms with Gasteiger partial charge in [0.05, 0.1) is 18.1 Å². The van der Waals surface area contributed by atoms with E-state index in [4.69, 9.17) is 4.52 Å². The van der Waals surface area contributed by atoms with E-state index in [-0.39, 0.29) is 11.6 Å². The van der Waals surface area contributed by atoms with Crippen molar-refractivity contribution in [3.8, 4) is 0 Å². The third-order valence-electron chi connectivity index (χ3n) is 3.40. The van der Waals surface area contributed by atoms with E-state index in [1.165, 1.54) is 19.3 Å². The summed E-state index contributed by atoms with van der Waals surface area (Å²) in [5.41, 5.74) is 0.786. The van der Waals surface area contributed by atoms with Crippen LogP contribution in [0.15, 0.2) is 23.0 Å². The molecular weight excluding hydrogens is 270 g/mol. The van der Waals surface area contributed by atoms with Crippen LogP contribution in [0, 0.1) is 6.92 Å². The molecule has 21 heavy (non-hydrogen) atoms. The highest BCUT2D eigenvalue weighted by atomic mass is 16.5. The van der Waals surface area contributed by atoms with Gasteiger partial charge in [0.2, 0.25) is 5.95 Å². The normalized spacial score (nSPS) is 15.0. The summed E-state index contributed by atoms with van der Waals surface area (Å²) in [6.45, 7) is 3.72. The maximum atomic E-state index is 11.9. The summed E-state index contributed by atoms with van der Waals surface area (Å²) in [6.07, 6.45) is 6.84.